The lowest BCUT2D eigenvalue weighted by atomic mass is 10.0. The van der Waals surface area contributed by atoms with E-state index in [4.69, 9.17) is 20.6 Å². The number of nitrogens with one attached hydrogen (secondary N) is 1. The van der Waals surface area contributed by atoms with Crippen LogP contribution in [0.3, 0.4) is 0 Å². The first-order valence-electron chi connectivity index (χ1n) is 9.45. The fourth-order valence-electron chi connectivity index (χ4n) is 3.38. The van der Waals surface area contributed by atoms with Crippen LogP contribution in [0.5, 0.6) is 5.75 Å². The van der Waals surface area contributed by atoms with Gasteiger partial charge < -0.3 is 25.2 Å². The van der Waals surface area contributed by atoms with E-state index in [-0.39, 0.29) is 28.9 Å². The third-order valence-electron chi connectivity index (χ3n) is 5.46. The maximum atomic E-state index is 14.3. The van der Waals surface area contributed by atoms with Crippen LogP contribution in [0.2, 0.25) is 0 Å². The number of rotatable bonds is 6. The molecule has 1 aliphatic carbocycles. The van der Waals surface area contributed by atoms with Crippen LogP contribution in [0.25, 0.3) is 0 Å². The number of aliphatic hydroxyl groups is 1. The van der Waals surface area contributed by atoms with Gasteiger partial charge in [-0.1, -0.05) is 0 Å². The molecule has 154 valence electrons. The number of anilines is 2. The van der Waals surface area contributed by atoms with Crippen molar-refractivity contribution >= 4 is 17.2 Å². The summed E-state index contributed by atoms with van der Waals surface area (Å²) in [6, 6.07) is 4.28. The standard InChI is InChI=1S/C20H24FN5O3/c1-20(3-4-20)29-16-5-11(13(22)6-12(16)21)19(23)14-7-18(25-10-24-14)26-8-15(27)17(9-26)28-2/h5-7,10,15,17,23,27H,3-4,8-9,22H2,1-2H3/t15-,17-/m0/s1. The van der Waals surface area contributed by atoms with Gasteiger partial charge in [-0.15, -0.1) is 0 Å². The molecule has 1 aliphatic heterocycles. The number of β-amino-alcohol motifs (C(OH)–C–C–N with tert-alkyl or cyclic N) is 1. The lowest BCUT2D eigenvalue weighted by Gasteiger charge is -2.18. The summed E-state index contributed by atoms with van der Waals surface area (Å²) < 4.78 is 25.3. The molecule has 2 fully saturated rings. The molecule has 0 unspecified atom stereocenters. The van der Waals surface area contributed by atoms with Crippen LogP contribution in [-0.2, 0) is 4.74 Å². The van der Waals surface area contributed by atoms with E-state index in [9.17, 15) is 9.50 Å². The van der Waals surface area contributed by atoms with Crippen molar-refractivity contribution in [1.29, 1.82) is 5.41 Å². The van der Waals surface area contributed by atoms with Gasteiger partial charge in [0.25, 0.3) is 0 Å². The summed E-state index contributed by atoms with van der Waals surface area (Å²) in [5, 5.41) is 18.6. The average Bonchev–Trinajstić information content (AvgIpc) is 3.30. The number of aliphatic hydroxyl groups excluding tert-OH is 1. The molecule has 29 heavy (non-hydrogen) atoms. The van der Waals surface area contributed by atoms with Gasteiger partial charge >= 0.3 is 0 Å². The van der Waals surface area contributed by atoms with Crippen LogP contribution >= 0.6 is 0 Å². The van der Waals surface area contributed by atoms with E-state index in [2.05, 4.69) is 9.97 Å². The number of ether oxygens (including phenoxy) is 2. The predicted molar refractivity (Wildman–Crippen MR) is 106 cm³/mol. The summed E-state index contributed by atoms with van der Waals surface area (Å²) in [5.74, 6) is 0.104. The number of nitrogens with two attached hydrogens (primary N) is 1. The molecule has 4 rings (SSSR count). The summed E-state index contributed by atoms with van der Waals surface area (Å²) in [6.45, 7) is 2.77. The first-order chi connectivity index (χ1) is 13.8. The number of halogens is 1. The highest BCUT2D eigenvalue weighted by molar-refractivity contribution is 6.13. The minimum absolute atomic E-state index is 0.0417. The number of nitrogens with zero attached hydrogens (tertiary/aromatic N) is 3. The van der Waals surface area contributed by atoms with E-state index >= 15 is 0 Å². The fourth-order valence-corrected chi connectivity index (χ4v) is 3.38. The minimum Gasteiger partial charge on any atom is -0.484 e. The molecular formula is C20H24FN5O3. The van der Waals surface area contributed by atoms with Gasteiger partial charge in [0.05, 0.1) is 17.5 Å². The Morgan fingerprint density at radius 3 is 2.72 bits per heavy atom. The molecule has 8 nitrogen and oxygen atoms in total. The topological polar surface area (TPSA) is 118 Å². The number of aromatic nitrogens is 2. The maximum Gasteiger partial charge on any atom is 0.167 e. The Balaban J connectivity index is 1.61. The summed E-state index contributed by atoms with van der Waals surface area (Å²) in [5.41, 5.74) is 6.49. The molecule has 1 saturated heterocycles. The molecule has 2 heterocycles. The van der Waals surface area contributed by atoms with Gasteiger partial charge in [0, 0.05) is 43.6 Å². The van der Waals surface area contributed by atoms with Crippen molar-refractivity contribution in [2.45, 2.75) is 37.6 Å². The first kappa shape index (κ1) is 19.5. The molecule has 0 radical (unpaired) electrons. The minimum atomic E-state index is -0.617. The Hall–Kier alpha value is -2.78. The second kappa shape index (κ2) is 7.23. The Bertz CT molecular complexity index is 950. The third kappa shape index (κ3) is 3.88. The first-order valence-corrected chi connectivity index (χ1v) is 9.45. The van der Waals surface area contributed by atoms with Crippen molar-refractivity contribution in [3.05, 3.63) is 41.6 Å². The molecule has 9 heteroatoms. The number of hydrogen-bond acceptors (Lipinski definition) is 8. The summed E-state index contributed by atoms with van der Waals surface area (Å²) >= 11 is 0. The highest BCUT2D eigenvalue weighted by Gasteiger charge is 2.41. The largest absolute Gasteiger partial charge is 0.484 e. The molecule has 1 saturated carbocycles. The normalized spacial score (nSPS) is 22.6. The van der Waals surface area contributed by atoms with Gasteiger partial charge in [-0.2, -0.15) is 0 Å². The number of benzene rings is 1. The third-order valence-corrected chi connectivity index (χ3v) is 5.46. The Morgan fingerprint density at radius 1 is 1.31 bits per heavy atom. The number of methoxy groups -OCH3 is 1. The number of hydrogen-bond donors (Lipinski definition) is 3. The van der Waals surface area contributed by atoms with Crippen LogP contribution < -0.4 is 15.4 Å². The second-order valence-corrected chi connectivity index (χ2v) is 7.80. The van der Waals surface area contributed by atoms with E-state index in [0.29, 0.717) is 30.2 Å². The Kier molecular flexibility index (Phi) is 4.87. The molecule has 4 N–H and O–H groups in total. The molecule has 2 atom stereocenters. The maximum absolute atomic E-state index is 14.3. The van der Waals surface area contributed by atoms with Crippen molar-refractivity contribution in [3.8, 4) is 5.75 Å². The second-order valence-electron chi connectivity index (χ2n) is 7.80. The van der Waals surface area contributed by atoms with Gasteiger partial charge in [-0.05, 0) is 25.8 Å². The van der Waals surface area contributed by atoms with E-state index in [1.165, 1.54) is 18.5 Å². The zero-order chi connectivity index (χ0) is 20.8. The predicted octanol–water partition coefficient (Wildman–Crippen LogP) is 1.74. The summed E-state index contributed by atoms with van der Waals surface area (Å²) in [7, 11) is 1.55. The van der Waals surface area contributed by atoms with Crippen LogP contribution in [-0.4, -0.2) is 58.8 Å². The zero-order valence-corrected chi connectivity index (χ0v) is 16.4. The average molecular weight is 401 g/mol. The molecule has 0 bridgehead atoms. The fraction of sp³-hybridized carbons (Fsp3) is 0.450. The number of nitrogen functional groups attached to an aromatic ring is 1. The quantitative estimate of drug-likeness (QED) is 0.498. The molecular weight excluding hydrogens is 377 g/mol. The zero-order valence-electron chi connectivity index (χ0n) is 16.4. The lowest BCUT2D eigenvalue weighted by Crippen LogP contribution is -2.25. The van der Waals surface area contributed by atoms with Crippen LogP contribution in [0.4, 0.5) is 15.9 Å². The SMILES string of the molecule is CO[C@H]1CN(c2cc(C(=N)c3cc(OC4(C)CC4)c(F)cc3N)ncn2)C[C@@H]1O. The Labute approximate surface area is 168 Å². The molecule has 0 spiro atoms. The smallest absolute Gasteiger partial charge is 0.167 e. The molecule has 1 aromatic carbocycles. The molecule has 2 aliphatic rings. The van der Waals surface area contributed by atoms with Gasteiger partial charge in [0.15, 0.2) is 11.6 Å². The molecule has 1 aromatic heterocycles. The van der Waals surface area contributed by atoms with Crippen LogP contribution in [0.1, 0.15) is 31.0 Å². The van der Waals surface area contributed by atoms with Gasteiger partial charge in [0.1, 0.15) is 23.9 Å². The van der Waals surface area contributed by atoms with Crippen molar-refractivity contribution in [3.63, 3.8) is 0 Å². The lowest BCUT2D eigenvalue weighted by molar-refractivity contribution is 0.0217. The monoisotopic (exact) mass is 401 g/mol. The summed E-state index contributed by atoms with van der Waals surface area (Å²) in [6.07, 6.45) is 2.17. The van der Waals surface area contributed by atoms with E-state index in [1.807, 2.05) is 11.8 Å². The highest BCUT2D eigenvalue weighted by atomic mass is 19.1. The van der Waals surface area contributed by atoms with Gasteiger partial charge in [-0.3, -0.25) is 5.41 Å². The summed E-state index contributed by atoms with van der Waals surface area (Å²) in [4.78, 5) is 10.3. The van der Waals surface area contributed by atoms with Crippen LogP contribution in [0, 0.1) is 11.2 Å². The molecule has 2 aromatic rings. The van der Waals surface area contributed by atoms with E-state index in [0.717, 1.165) is 12.8 Å². The van der Waals surface area contributed by atoms with Gasteiger partial charge in [-0.25, -0.2) is 14.4 Å². The van der Waals surface area contributed by atoms with Crippen molar-refractivity contribution < 1.29 is 19.0 Å². The van der Waals surface area contributed by atoms with E-state index < -0.39 is 11.9 Å². The van der Waals surface area contributed by atoms with Gasteiger partial charge in [0.2, 0.25) is 0 Å². The van der Waals surface area contributed by atoms with Crippen molar-refractivity contribution in [2.75, 3.05) is 30.8 Å². The van der Waals surface area contributed by atoms with Crippen LogP contribution in [0.15, 0.2) is 24.5 Å². The Morgan fingerprint density at radius 2 is 2.07 bits per heavy atom. The van der Waals surface area contributed by atoms with Crippen molar-refractivity contribution in [2.24, 2.45) is 0 Å². The highest BCUT2D eigenvalue weighted by Crippen LogP contribution is 2.41. The van der Waals surface area contributed by atoms with E-state index in [1.54, 1.807) is 13.2 Å². The van der Waals surface area contributed by atoms with Crippen molar-refractivity contribution in [1.82, 2.24) is 9.97 Å². The molecule has 0 amide bonds.